The van der Waals surface area contributed by atoms with E-state index in [1.165, 1.54) is 0 Å². The van der Waals surface area contributed by atoms with Gasteiger partial charge >= 0.3 is 35.5 Å². The summed E-state index contributed by atoms with van der Waals surface area (Å²) in [7, 11) is 0. The van der Waals surface area contributed by atoms with Gasteiger partial charge in [-0.3, -0.25) is 0 Å². The van der Waals surface area contributed by atoms with E-state index in [0.29, 0.717) is 0 Å². The molecule has 0 aromatic carbocycles. The van der Waals surface area contributed by atoms with Crippen molar-refractivity contribution in [3.63, 3.8) is 0 Å². The summed E-state index contributed by atoms with van der Waals surface area (Å²) < 4.78 is 7.13. The largest absolute Gasteiger partial charge is 0 e. The summed E-state index contributed by atoms with van der Waals surface area (Å²) >= 11 is -0.637. The van der Waals surface area contributed by atoms with E-state index in [4.69, 9.17) is 0 Å². The molecule has 0 aliphatic rings. The molecule has 0 N–H and O–H groups in total. The van der Waals surface area contributed by atoms with E-state index >= 15 is 0 Å². The van der Waals surface area contributed by atoms with E-state index in [1.54, 1.807) is 0 Å². The SMILES string of the molecule is [CH3][In]([CH3])[CH3].[Fe]. The summed E-state index contributed by atoms with van der Waals surface area (Å²) in [5, 5.41) is 0. The smallest absolute Gasteiger partial charge is 0 e. The van der Waals surface area contributed by atoms with E-state index in [2.05, 4.69) is 14.0 Å². The first-order valence-electron chi connectivity index (χ1n) is 1.73. The number of hydrogen-bond donors (Lipinski definition) is 0. The summed E-state index contributed by atoms with van der Waals surface area (Å²) in [6.45, 7) is 0. The van der Waals surface area contributed by atoms with Gasteiger partial charge in [0, 0.05) is 17.1 Å². The van der Waals surface area contributed by atoms with Crippen molar-refractivity contribution < 1.29 is 17.1 Å². The molecule has 0 rings (SSSR count). The Morgan fingerprint density at radius 1 is 1.00 bits per heavy atom. The van der Waals surface area contributed by atoms with E-state index < -0.39 is 21.4 Å². The molecule has 0 saturated heterocycles. The molecule has 0 fully saturated rings. The van der Waals surface area contributed by atoms with Crippen LogP contribution < -0.4 is 0 Å². The van der Waals surface area contributed by atoms with Crippen LogP contribution in [-0.4, -0.2) is 21.4 Å². The average molecular weight is 216 g/mol. The molecule has 2 heteroatoms. The summed E-state index contributed by atoms with van der Waals surface area (Å²) in [6.07, 6.45) is 0. The van der Waals surface area contributed by atoms with Gasteiger partial charge in [-0.05, 0) is 0 Å². The molecule has 0 amide bonds. The van der Waals surface area contributed by atoms with E-state index in [-0.39, 0.29) is 17.1 Å². The standard InChI is InChI=1S/3CH3.Fe.In/h3*1H3;;. The van der Waals surface area contributed by atoms with Gasteiger partial charge in [0.05, 0.1) is 0 Å². The molecule has 0 unspecified atom stereocenters. The van der Waals surface area contributed by atoms with Crippen LogP contribution in [0.3, 0.4) is 0 Å². The maximum atomic E-state index is 2.38. The molecule has 0 heterocycles. The first-order chi connectivity index (χ1) is 1.73. The van der Waals surface area contributed by atoms with Crippen molar-refractivity contribution in [3.05, 3.63) is 0 Å². The van der Waals surface area contributed by atoms with Crippen LogP contribution in [0, 0.1) is 0 Å². The topological polar surface area (TPSA) is 0 Å². The van der Waals surface area contributed by atoms with Gasteiger partial charge in [0.25, 0.3) is 0 Å². The molecule has 5 heavy (non-hydrogen) atoms. The van der Waals surface area contributed by atoms with Gasteiger partial charge in [0.2, 0.25) is 0 Å². The molecule has 0 radical (unpaired) electrons. The van der Waals surface area contributed by atoms with Crippen molar-refractivity contribution in [1.29, 1.82) is 0 Å². The summed E-state index contributed by atoms with van der Waals surface area (Å²) in [5.74, 6) is 0. The molecule has 0 aromatic heterocycles. The first kappa shape index (κ1) is 9.63. The third kappa shape index (κ3) is 32.1. The van der Waals surface area contributed by atoms with Crippen molar-refractivity contribution in [3.8, 4) is 0 Å². The second-order valence-electron chi connectivity index (χ2n) is 1.73. The molecular weight excluding hydrogens is 207 g/mol. The molecule has 0 atom stereocenters. The quantitative estimate of drug-likeness (QED) is 0.536. The van der Waals surface area contributed by atoms with Crippen molar-refractivity contribution >= 4 is 21.4 Å². The van der Waals surface area contributed by atoms with Crippen LogP contribution in [0.1, 0.15) is 0 Å². The van der Waals surface area contributed by atoms with Crippen LogP contribution in [-0.2, 0) is 17.1 Å². The minimum Gasteiger partial charge on any atom is 0 e. The molecule has 0 spiro atoms. The van der Waals surface area contributed by atoms with Gasteiger partial charge < -0.3 is 0 Å². The van der Waals surface area contributed by atoms with E-state index in [0.717, 1.165) is 0 Å². The number of rotatable bonds is 0. The summed E-state index contributed by atoms with van der Waals surface area (Å²) in [6, 6.07) is 0. The van der Waals surface area contributed by atoms with Crippen molar-refractivity contribution in [2.75, 3.05) is 0 Å². The molecular formula is C3H9FeIn. The Balaban J connectivity index is 0. The van der Waals surface area contributed by atoms with Crippen molar-refractivity contribution in [2.24, 2.45) is 0 Å². The van der Waals surface area contributed by atoms with Gasteiger partial charge in [-0.15, -0.1) is 0 Å². The third-order valence-electron chi connectivity index (χ3n) is 0. The Morgan fingerprint density at radius 3 is 1.00 bits per heavy atom. The third-order valence-corrected chi connectivity index (χ3v) is 0. The number of hydrogen-bond acceptors (Lipinski definition) is 0. The second-order valence-corrected chi connectivity index (χ2v) is 11.6. The minimum atomic E-state index is -0.637. The minimum absolute atomic E-state index is 0. The summed E-state index contributed by atoms with van der Waals surface area (Å²) in [4.78, 5) is 0. The molecule has 0 saturated carbocycles. The molecule has 0 aromatic rings. The Labute approximate surface area is 52.3 Å². The molecule has 0 aliphatic heterocycles. The predicted octanol–water partition coefficient (Wildman–Crippen LogP) is 1.37. The fraction of sp³-hybridized carbons (Fsp3) is 1.00. The Hall–Kier alpha value is 1.39. The van der Waals surface area contributed by atoms with Crippen molar-refractivity contribution in [1.82, 2.24) is 0 Å². The molecule has 0 nitrogen and oxygen atoms in total. The van der Waals surface area contributed by atoms with Gasteiger partial charge in [0.15, 0.2) is 0 Å². The molecule has 0 aliphatic carbocycles. The van der Waals surface area contributed by atoms with E-state index in [9.17, 15) is 0 Å². The van der Waals surface area contributed by atoms with Gasteiger partial charge in [-0.25, -0.2) is 0 Å². The van der Waals surface area contributed by atoms with Crippen molar-refractivity contribution in [2.45, 2.75) is 14.0 Å². The second kappa shape index (κ2) is 5.39. The van der Waals surface area contributed by atoms with Gasteiger partial charge in [0.1, 0.15) is 0 Å². The van der Waals surface area contributed by atoms with Crippen LogP contribution in [0.25, 0.3) is 0 Å². The molecule has 0 bridgehead atoms. The monoisotopic (exact) mass is 216 g/mol. The fourth-order valence-corrected chi connectivity index (χ4v) is 0. The zero-order valence-corrected chi connectivity index (χ0v) is 8.33. The maximum absolute atomic E-state index is 2.38. The van der Waals surface area contributed by atoms with Crippen LogP contribution >= 0.6 is 0 Å². The summed E-state index contributed by atoms with van der Waals surface area (Å²) in [5.41, 5.74) is 0. The zero-order chi connectivity index (χ0) is 3.58. The van der Waals surface area contributed by atoms with Gasteiger partial charge in [-0.1, -0.05) is 0 Å². The normalized spacial score (nSPS) is 5.40. The Kier molecular flexibility index (Phi) is 10.4. The van der Waals surface area contributed by atoms with E-state index in [1.807, 2.05) is 0 Å². The fourth-order valence-electron chi connectivity index (χ4n) is 0. The van der Waals surface area contributed by atoms with Crippen LogP contribution in [0.5, 0.6) is 0 Å². The first-order valence-corrected chi connectivity index (χ1v) is 11.6. The van der Waals surface area contributed by atoms with Gasteiger partial charge in [-0.2, -0.15) is 0 Å². The predicted molar refractivity (Wildman–Crippen MR) is 23.3 cm³/mol. The average Bonchev–Trinajstić information content (AvgIpc) is 0.811. The zero-order valence-electron chi connectivity index (χ0n) is 3.93. The van der Waals surface area contributed by atoms with Crippen LogP contribution in [0.15, 0.2) is 0 Å². The Morgan fingerprint density at radius 2 is 1.00 bits per heavy atom. The molecule has 32 valence electrons. The Bertz CT molecular complexity index is 11.6. The van der Waals surface area contributed by atoms with Crippen LogP contribution in [0.4, 0.5) is 0 Å². The maximum Gasteiger partial charge on any atom is 0 e. The van der Waals surface area contributed by atoms with Crippen LogP contribution in [0.2, 0.25) is 14.0 Å².